The smallest absolute Gasteiger partial charge is 0.416 e. The van der Waals surface area contributed by atoms with Crippen molar-refractivity contribution in [3.8, 4) is 40.3 Å². The molecule has 0 saturated heterocycles. The van der Waals surface area contributed by atoms with Crippen molar-refractivity contribution < 1.29 is 50.9 Å². The molecule has 20 heteroatoms. The first-order valence-electron chi connectivity index (χ1n) is 20.1. The van der Waals surface area contributed by atoms with Gasteiger partial charge >= 0.3 is 12.2 Å². The van der Waals surface area contributed by atoms with Gasteiger partial charge in [0.2, 0.25) is 12.7 Å². The van der Waals surface area contributed by atoms with Crippen molar-refractivity contribution in [2.24, 2.45) is 0 Å². The van der Waals surface area contributed by atoms with E-state index in [0.717, 1.165) is 30.5 Å². The summed E-state index contributed by atoms with van der Waals surface area (Å²) in [4.78, 5) is 44.3. The molecule has 2 aromatic heterocycles. The van der Waals surface area contributed by atoms with E-state index in [1.807, 2.05) is 24.3 Å². The quantitative estimate of drug-likeness (QED) is 0.0930. The summed E-state index contributed by atoms with van der Waals surface area (Å²) in [6, 6.07) is 27.2. The van der Waals surface area contributed by atoms with Crippen LogP contribution in [0.4, 0.5) is 18.9 Å². The van der Waals surface area contributed by atoms with E-state index < -0.39 is 22.5 Å². The third-order valence-corrected chi connectivity index (χ3v) is 10.4. The van der Waals surface area contributed by atoms with E-state index >= 15 is 0 Å². The molecule has 2 aliphatic rings. The Morgan fingerprint density at radius 3 is 2.32 bits per heavy atom. The van der Waals surface area contributed by atoms with Gasteiger partial charge in [0, 0.05) is 28.9 Å². The molecule has 4 aromatic carbocycles. The van der Waals surface area contributed by atoms with Gasteiger partial charge in [-0.1, -0.05) is 53.0 Å². The molecule has 8 rings (SSSR count). The molecule has 340 valence electrons. The second-order valence-electron chi connectivity index (χ2n) is 14.5. The zero-order valence-electron chi connectivity index (χ0n) is 34.5. The molecule has 6 aromatic rings. The number of hydrogen-bond acceptors (Lipinski definition) is 10. The monoisotopic (exact) mass is 954 g/mol. The molecule has 3 amide bonds. The number of furan rings is 1. The van der Waals surface area contributed by atoms with Crippen LogP contribution in [0.3, 0.4) is 0 Å². The molecule has 3 heterocycles. The number of nitrogens with zero attached hydrogens (tertiary/aromatic N) is 5. The van der Waals surface area contributed by atoms with Crippen LogP contribution in [0.25, 0.3) is 17.1 Å². The van der Waals surface area contributed by atoms with E-state index in [1.54, 1.807) is 77.6 Å². The van der Waals surface area contributed by atoms with Crippen molar-refractivity contribution >= 4 is 58.2 Å². The first-order chi connectivity index (χ1) is 31.2. The largest absolute Gasteiger partial charge is 0.484 e. The molecule has 1 fully saturated rings. The first kappa shape index (κ1) is 46.6. The number of hydrogen-bond donors (Lipinski definition) is 1. The minimum atomic E-state index is -4.49. The van der Waals surface area contributed by atoms with Crippen LogP contribution in [0.1, 0.15) is 36.7 Å². The van der Waals surface area contributed by atoms with Gasteiger partial charge in [-0.2, -0.15) is 18.2 Å². The number of carbonyl (C=O) groups is 3. The van der Waals surface area contributed by atoms with Crippen LogP contribution in [0.15, 0.2) is 114 Å². The highest BCUT2D eigenvalue weighted by Crippen LogP contribution is 2.35. The van der Waals surface area contributed by atoms with E-state index in [-0.39, 0.29) is 68.4 Å². The average molecular weight is 956 g/mol. The maximum absolute atomic E-state index is 13.4. The van der Waals surface area contributed by atoms with Gasteiger partial charge in [0.15, 0.2) is 28.8 Å². The predicted molar refractivity (Wildman–Crippen MR) is 234 cm³/mol. The molecular formula is C45H40Cl3F3N6O8. The lowest BCUT2D eigenvalue weighted by atomic mass is 10.1. The molecule has 1 aliphatic heterocycles. The summed E-state index contributed by atoms with van der Waals surface area (Å²) in [6.45, 7) is 2.66. The highest BCUT2D eigenvalue weighted by atomic mass is 35.5. The predicted octanol–water partition coefficient (Wildman–Crippen LogP) is 9.35. The second kappa shape index (κ2) is 21.0. The molecule has 1 aliphatic carbocycles. The van der Waals surface area contributed by atoms with Gasteiger partial charge in [-0.15, -0.1) is 5.10 Å². The summed E-state index contributed by atoms with van der Waals surface area (Å²) in [5, 5.41) is 7.34. The van der Waals surface area contributed by atoms with Crippen molar-refractivity contribution in [1.29, 1.82) is 0 Å². The third-order valence-electron chi connectivity index (χ3n) is 9.77. The van der Waals surface area contributed by atoms with Crippen LogP contribution in [0.5, 0.6) is 23.3 Å². The average Bonchev–Trinajstić information content (AvgIpc) is 3.59. The fraction of sp³-hybridized carbons (Fsp3) is 0.267. The van der Waals surface area contributed by atoms with Crippen LogP contribution >= 0.6 is 34.8 Å². The molecule has 0 spiro atoms. The van der Waals surface area contributed by atoms with E-state index in [0.29, 0.717) is 46.0 Å². The number of benzene rings is 4. The van der Waals surface area contributed by atoms with Gasteiger partial charge in [0.1, 0.15) is 18.1 Å². The maximum atomic E-state index is 13.4. The summed E-state index contributed by atoms with van der Waals surface area (Å²) in [5.41, 5.74) is 1.23. The van der Waals surface area contributed by atoms with Crippen molar-refractivity contribution in [2.45, 2.75) is 49.9 Å². The molecular weight excluding hydrogens is 916 g/mol. The number of rotatable bonds is 16. The van der Waals surface area contributed by atoms with Crippen LogP contribution in [0.2, 0.25) is 5.02 Å². The third kappa shape index (κ3) is 12.6. The highest BCUT2D eigenvalue weighted by molar-refractivity contribution is 6.54. The zero-order chi connectivity index (χ0) is 46.1. The maximum Gasteiger partial charge on any atom is 0.416 e. The topological polar surface area (TPSA) is 150 Å². The lowest BCUT2D eigenvalue weighted by Gasteiger charge is -2.27. The van der Waals surface area contributed by atoms with E-state index in [9.17, 15) is 27.6 Å². The van der Waals surface area contributed by atoms with Crippen LogP contribution in [0, 0.1) is 0 Å². The minimum Gasteiger partial charge on any atom is -0.484 e. The second-order valence-corrected chi connectivity index (χ2v) is 16.0. The molecule has 1 saturated carbocycles. The molecule has 14 nitrogen and oxygen atoms in total. The number of anilines is 1. The summed E-state index contributed by atoms with van der Waals surface area (Å²) in [6.07, 6.45) is -1.17. The summed E-state index contributed by atoms with van der Waals surface area (Å²) in [7, 11) is 0. The Kier molecular flexibility index (Phi) is 15.1. The Morgan fingerprint density at radius 1 is 0.892 bits per heavy atom. The Morgan fingerprint density at radius 2 is 1.65 bits per heavy atom. The first-order valence-corrected chi connectivity index (χ1v) is 21.3. The van der Waals surface area contributed by atoms with Gasteiger partial charge in [-0.3, -0.25) is 14.4 Å². The van der Waals surface area contributed by atoms with E-state index in [2.05, 4.69) is 15.4 Å². The van der Waals surface area contributed by atoms with Crippen LogP contribution in [-0.2, 0) is 33.6 Å². The van der Waals surface area contributed by atoms with Gasteiger partial charge in [0.05, 0.1) is 30.7 Å². The lowest BCUT2D eigenvalue weighted by molar-refractivity contribution is -0.143. The van der Waals surface area contributed by atoms with Crippen LogP contribution in [-0.4, -0.2) is 79.7 Å². The number of ether oxygens (including phenoxy) is 4. The van der Waals surface area contributed by atoms with Gasteiger partial charge in [-0.25, -0.2) is 4.68 Å². The Hall–Kier alpha value is -6.43. The molecule has 0 bridgehead atoms. The van der Waals surface area contributed by atoms with Crippen LogP contribution < -0.4 is 24.3 Å². The number of alkyl halides is 5. The van der Waals surface area contributed by atoms with E-state index in [4.69, 9.17) is 58.2 Å². The number of nitrogens with one attached hydrogen (secondary N) is 1. The molecule has 0 atom stereocenters. The van der Waals surface area contributed by atoms with Crippen molar-refractivity contribution in [3.63, 3.8) is 0 Å². The minimum absolute atomic E-state index is 0.0226. The highest BCUT2D eigenvalue weighted by Gasteiger charge is 2.35. The van der Waals surface area contributed by atoms with Gasteiger partial charge in [-0.05, 0) is 110 Å². The lowest BCUT2D eigenvalue weighted by Crippen LogP contribution is -2.45. The number of aromatic nitrogens is 3. The number of amides is 3. The summed E-state index contributed by atoms with van der Waals surface area (Å²) >= 11 is 16.9. The van der Waals surface area contributed by atoms with Crippen molar-refractivity contribution in [1.82, 2.24) is 24.6 Å². The molecule has 0 radical (unpaired) electrons. The number of carbonyl (C=O) groups excluding carboxylic acids is 3. The van der Waals surface area contributed by atoms with Crippen molar-refractivity contribution in [3.05, 3.63) is 131 Å². The van der Waals surface area contributed by atoms with Gasteiger partial charge < -0.3 is 38.5 Å². The normalized spacial score (nSPS) is 12.9. The summed E-state index contributed by atoms with van der Waals surface area (Å²) < 4.78 is 68.0. The van der Waals surface area contributed by atoms with Crippen molar-refractivity contribution in [2.75, 3.05) is 31.9 Å². The van der Waals surface area contributed by atoms with E-state index in [1.165, 1.54) is 16.8 Å². The molecule has 65 heavy (non-hydrogen) atoms. The fourth-order valence-corrected chi connectivity index (χ4v) is 6.70. The Bertz CT molecular complexity index is 2570. The summed E-state index contributed by atoms with van der Waals surface area (Å²) in [5.74, 6) is 1.73. The van der Waals surface area contributed by atoms with Gasteiger partial charge in [0.25, 0.3) is 11.8 Å². The Balaban J connectivity index is 0.000000197. The molecule has 0 unspecified atom stereocenters. The standard InChI is InChI=1S/C26H25ClN2O6.C19H15Cl2F3N4O2/c27-19-4-8-21(9-5-19)33-16-26(31)29(20-6-7-20)15-25(30)28(14-22-2-1-11-32-22)13-18-3-10-23-24(12-18)35-17-34-23;1-2-30-18-26-16(11-4-3-5-12(10-11)19(22,23)24)28(27-18)14-8-6-13(7-9-14)25-17(29)15(20)21/h1-5,8-12,20H,6-7,13-17H2;3-10,15H,2H2,1H3,(H,25,29). The SMILES string of the molecule is CCOc1nc(-c2cccc(C(F)(F)F)c2)n(-c2ccc(NC(=O)C(Cl)Cl)cc2)n1.O=C(CN(C(=O)COc1ccc(Cl)cc1)C1CC1)N(Cc1ccc2c(c1)OCO2)Cc1ccco1. The Labute approximate surface area is 385 Å². The number of halogens is 6. The molecule has 1 N–H and O–H groups in total. The number of fused-ring (bicyclic) bond motifs is 1. The fourth-order valence-electron chi connectivity index (χ4n) is 6.46. The zero-order valence-corrected chi connectivity index (χ0v) is 36.7.